The summed E-state index contributed by atoms with van der Waals surface area (Å²) in [5, 5.41) is 14.0. The Morgan fingerprint density at radius 1 is 1.32 bits per heavy atom. The number of aryl methyl sites for hydroxylation is 1. The van der Waals surface area contributed by atoms with Gasteiger partial charge in [0.2, 0.25) is 0 Å². The van der Waals surface area contributed by atoms with Crippen molar-refractivity contribution in [3.8, 4) is 0 Å². The van der Waals surface area contributed by atoms with Gasteiger partial charge in [0.15, 0.2) is 5.11 Å². The van der Waals surface area contributed by atoms with Crippen LogP contribution in [-0.4, -0.2) is 39.8 Å². The van der Waals surface area contributed by atoms with Crippen LogP contribution < -0.4 is 10.9 Å². The number of fused-ring (bicyclic) bond motifs is 1. The molecule has 0 saturated heterocycles. The number of nitrogens with zero attached hydrogens (tertiary/aromatic N) is 1. The monoisotopic (exact) mass is 361 g/mol. The number of aliphatic hydroxyl groups excluding tert-OH is 1. The molecule has 1 aromatic carbocycles. The molecule has 0 atom stereocenters. The normalized spacial score (nSPS) is 10.8. The van der Waals surface area contributed by atoms with Crippen LogP contribution in [0.4, 0.5) is 0 Å². The topological polar surface area (TPSA) is 68.4 Å². The second kappa shape index (κ2) is 9.53. The van der Waals surface area contributed by atoms with Crippen LogP contribution in [0.5, 0.6) is 0 Å². The molecule has 2 rings (SSSR count). The lowest BCUT2D eigenvalue weighted by atomic mass is 10.1. The molecular weight excluding hydrogens is 334 g/mol. The van der Waals surface area contributed by atoms with Gasteiger partial charge < -0.3 is 20.3 Å². The van der Waals surface area contributed by atoms with E-state index in [2.05, 4.69) is 17.2 Å². The van der Waals surface area contributed by atoms with Gasteiger partial charge in [-0.25, -0.2) is 0 Å². The third-order valence-electron chi connectivity index (χ3n) is 4.12. The molecule has 0 saturated carbocycles. The third kappa shape index (κ3) is 5.54. The van der Waals surface area contributed by atoms with E-state index in [4.69, 9.17) is 17.3 Å². The number of pyridine rings is 1. The van der Waals surface area contributed by atoms with E-state index in [0.29, 0.717) is 30.2 Å². The fourth-order valence-corrected chi connectivity index (χ4v) is 2.94. The summed E-state index contributed by atoms with van der Waals surface area (Å²) in [6.07, 6.45) is 2.75. The van der Waals surface area contributed by atoms with E-state index < -0.39 is 0 Å². The van der Waals surface area contributed by atoms with Crippen molar-refractivity contribution in [3.05, 3.63) is 45.7 Å². The first-order chi connectivity index (χ1) is 12.0. The van der Waals surface area contributed by atoms with Crippen molar-refractivity contribution in [1.82, 2.24) is 15.2 Å². The smallest absolute Gasteiger partial charge is 0.253 e. The molecule has 0 spiro atoms. The molecule has 0 fully saturated rings. The Balaban J connectivity index is 2.20. The highest BCUT2D eigenvalue weighted by Gasteiger charge is 2.13. The Morgan fingerprint density at radius 3 is 2.84 bits per heavy atom. The molecule has 0 amide bonds. The number of thiocarbonyl (C=S) groups is 1. The zero-order chi connectivity index (χ0) is 18.2. The SMILES string of the molecule is CCCCNC(=S)N(CCCO)Cc1cc2ccc(C)cc2[nH]c1=O. The van der Waals surface area contributed by atoms with Gasteiger partial charge in [0.25, 0.3) is 5.56 Å². The van der Waals surface area contributed by atoms with Gasteiger partial charge in [-0.2, -0.15) is 0 Å². The number of aliphatic hydroxyl groups is 1. The first-order valence-corrected chi connectivity index (χ1v) is 9.22. The Labute approximate surface area is 154 Å². The minimum atomic E-state index is -0.0940. The summed E-state index contributed by atoms with van der Waals surface area (Å²) in [5.74, 6) is 0. The van der Waals surface area contributed by atoms with Gasteiger partial charge in [0.1, 0.15) is 0 Å². The van der Waals surface area contributed by atoms with Crippen LogP contribution in [0.1, 0.15) is 37.3 Å². The first kappa shape index (κ1) is 19.4. The van der Waals surface area contributed by atoms with Crippen molar-refractivity contribution in [2.24, 2.45) is 0 Å². The van der Waals surface area contributed by atoms with Crippen LogP contribution in [0.3, 0.4) is 0 Å². The average Bonchev–Trinajstić information content (AvgIpc) is 2.59. The maximum Gasteiger partial charge on any atom is 0.253 e. The van der Waals surface area contributed by atoms with Crippen molar-refractivity contribution < 1.29 is 5.11 Å². The fourth-order valence-electron chi connectivity index (χ4n) is 2.68. The molecule has 136 valence electrons. The summed E-state index contributed by atoms with van der Waals surface area (Å²) >= 11 is 5.48. The van der Waals surface area contributed by atoms with Gasteiger partial charge in [-0.05, 0) is 55.1 Å². The molecule has 3 N–H and O–H groups in total. The largest absolute Gasteiger partial charge is 0.396 e. The minimum absolute atomic E-state index is 0.0940. The Morgan fingerprint density at radius 2 is 2.12 bits per heavy atom. The van der Waals surface area contributed by atoms with E-state index in [0.717, 1.165) is 35.9 Å². The first-order valence-electron chi connectivity index (χ1n) is 8.81. The molecule has 1 heterocycles. The van der Waals surface area contributed by atoms with Gasteiger partial charge in [-0.3, -0.25) is 4.79 Å². The number of aromatic amines is 1. The van der Waals surface area contributed by atoms with Gasteiger partial charge in [0, 0.05) is 30.8 Å². The second-order valence-electron chi connectivity index (χ2n) is 6.30. The van der Waals surface area contributed by atoms with Gasteiger partial charge >= 0.3 is 0 Å². The lowest BCUT2D eigenvalue weighted by Gasteiger charge is -2.25. The molecule has 6 heteroatoms. The number of H-pyrrole nitrogens is 1. The van der Waals surface area contributed by atoms with E-state index in [-0.39, 0.29) is 12.2 Å². The van der Waals surface area contributed by atoms with E-state index in [1.54, 1.807) is 0 Å². The standard InChI is InChI=1S/C19H27N3O2S/c1-3-4-8-20-19(25)22(9-5-10-23)13-16-12-15-7-6-14(2)11-17(15)21-18(16)24/h6-7,11-12,23H,3-5,8-10,13H2,1-2H3,(H,20,25)(H,21,24). The molecule has 0 aliphatic heterocycles. The maximum absolute atomic E-state index is 12.4. The highest BCUT2D eigenvalue weighted by Crippen LogP contribution is 2.14. The summed E-state index contributed by atoms with van der Waals surface area (Å²) < 4.78 is 0. The van der Waals surface area contributed by atoms with Crippen molar-refractivity contribution in [3.63, 3.8) is 0 Å². The molecule has 0 bridgehead atoms. The van der Waals surface area contributed by atoms with Gasteiger partial charge in [-0.15, -0.1) is 0 Å². The van der Waals surface area contributed by atoms with Crippen molar-refractivity contribution in [1.29, 1.82) is 0 Å². The van der Waals surface area contributed by atoms with Crippen molar-refractivity contribution in [2.75, 3.05) is 19.7 Å². The summed E-state index contributed by atoms with van der Waals surface area (Å²) in [4.78, 5) is 17.3. The number of nitrogens with one attached hydrogen (secondary N) is 2. The number of hydrogen-bond acceptors (Lipinski definition) is 3. The molecule has 2 aromatic rings. The van der Waals surface area contributed by atoms with Crippen LogP contribution in [0, 0.1) is 6.92 Å². The average molecular weight is 362 g/mol. The molecule has 0 radical (unpaired) electrons. The molecule has 0 aliphatic rings. The number of unbranched alkanes of at least 4 members (excludes halogenated alkanes) is 1. The molecule has 5 nitrogen and oxygen atoms in total. The molecule has 1 aromatic heterocycles. The predicted molar refractivity (Wildman–Crippen MR) is 107 cm³/mol. The quantitative estimate of drug-likeness (QED) is 0.498. The minimum Gasteiger partial charge on any atom is -0.396 e. The van der Waals surface area contributed by atoms with E-state index >= 15 is 0 Å². The number of hydrogen-bond donors (Lipinski definition) is 3. The summed E-state index contributed by atoms with van der Waals surface area (Å²) in [5.41, 5.74) is 2.54. The van der Waals surface area contributed by atoms with Gasteiger partial charge in [-0.1, -0.05) is 25.5 Å². The lowest BCUT2D eigenvalue weighted by Crippen LogP contribution is -2.41. The van der Waals surface area contributed by atoms with E-state index in [1.165, 1.54) is 0 Å². The lowest BCUT2D eigenvalue weighted by molar-refractivity contribution is 0.264. The molecular formula is C19H27N3O2S. The highest BCUT2D eigenvalue weighted by molar-refractivity contribution is 7.80. The Kier molecular flexibility index (Phi) is 7.40. The highest BCUT2D eigenvalue weighted by atomic mass is 32.1. The maximum atomic E-state index is 12.4. The molecule has 0 unspecified atom stereocenters. The van der Waals surface area contributed by atoms with Gasteiger partial charge in [0.05, 0.1) is 6.54 Å². The van der Waals surface area contributed by atoms with E-state index in [1.807, 2.05) is 36.1 Å². The third-order valence-corrected chi connectivity index (χ3v) is 4.52. The molecule has 25 heavy (non-hydrogen) atoms. The summed E-state index contributed by atoms with van der Waals surface area (Å²) in [6, 6.07) is 7.94. The second-order valence-corrected chi connectivity index (χ2v) is 6.69. The van der Waals surface area contributed by atoms with Crippen LogP contribution in [0.15, 0.2) is 29.1 Å². The zero-order valence-corrected chi connectivity index (χ0v) is 15.8. The van der Waals surface area contributed by atoms with Crippen molar-refractivity contribution >= 4 is 28.2 Å². The van der Waals surface area contributed by atoms with Crippen LogP contribution in [0.25, 0.3) is 10.9 Å². The number of rotatable bonds is 8. The Bertz CT molecular complexity index is 773. The predicted octanol–water partition coefficient (Wildman–Crippen LogP) is 2.70. The summed E-state index contributed by atoms with van der Waals surface area (Å²) in [7, 11) is 0. The van der Waals surface area contributed by atoms with Crippen LogP contribution in [0.2, 0.25) is 0 Å². The van der Waals surface area contributed by atoms with Crippen molar-refractivity contribution in [2.45, 2.75) is 39.7 Å². The number of aromatic nitrogens is 1. The zero-order valence-electron chi connectivity index (χ0n) is 15.0. The fraction of sp³-hybridized carbons (Fsp3) is 0.474. The summed E-state index contributed by atoms with van der Waals surface area (Å²) in [6.45, 7) is 6.09. The van der Waals surface area contributed by atoms with Crippen LogP contribution in [-0.2, 0) is 6.54 Å². The molecule has 0 aliphatic carbocycles. The number of benzene rings is 1. The van der Waals surface area contributed by atoms with E-state index in [9.17, 15) is 4.79 Å². The van der Waals surface area contributed by atoms with Crippen LogP contribution >= 0.6 is 12.2 Å². The Hall–Kier alpha value is -1.92.